The van der Waals surface area contributed by atoms with E-state index in [1.807, 2.05) is 0 Å². The maximum absolute atomic E-state index is 7.62. The van der Waals surface area contributed by atoms with Crippen molar-refractivity contribution < 1.29 is 9.22 Å². The lowest BCUT2D eigenvalue weighted by Gasteiger charge is -2.53. The van der Waals surface area contributed by atoms with Crippen molar-refractivity contribution in [2.24, 2.45) is 5.92 Å². The number of quaternary nitrogens is 1. The van der Waals surface area contributed by atoms with Gasteiger partial charge in [-0.3, -0.25) is 4.48 Å². The first-order valence-corrected chi connectivity index (χ1v) is 10.0. The van der Waals surface area contributed by atoms with Gasteiger partial charge in [-0.15, -0.1) is 17.9 Å². The fraction of sp³-hybridized carbons (Fsp3) is 0.500. The molecule has 5 heteroatoms. The highest BCUT2D eigenvalue weighted by molar-refractivity contribution is 7.10. The monoisotopic (exact) mass is 355 g/mol. The number of piperidine rings is 1. The SMILES string of the molecule is CN1CC=CC2=C1O[C@@]1(C2)C[N+]2(C)CCC1C=C2c1csc(C[NH-])c1. The Morgan fingerprint density at radius 1 is 1.48 bits per heavy atom. The van der Waals surface area contributed by atoms with Gasteiger partial charge < -0.3 is 15.4 Å². The molecule has 1 saturated heterocycles. The zero-order valence-corrected chi connectivity index (χ0v) is 15.7. The molecule has 2 bridgehead atoms. The second kappa shape index (κ2) is 5.22. The lowest BCUT2D eigenvalue weighted by atomic mass is 9.72. The van der Waals surface area contributed by atoms with Gasteiger partial charge in [0.05, 0.1) is 13.6 Å². The van der Waals surface area contributed by atoms with E-state index in [2.05, 4.69) is 48.7 Å². The Bertz CT molecular complexity index is 823. The molecule has 5 aliphatic rings. The number of allylic oxidation sites excluding steroid dienone is 1. The number of rotatable bonds is 2. The van der Waals surface area contributed by atoms with Crippen LogP contribution in [0.5, 0.6) is 0 Å². The van der Waals surface area contributed by atoms with Crippen LogP contribution in [0.2, 0.25) is 0 Å². The second-order valence-corrected chi connectivity index (χ2v) is 9.16. The van der Waals surface area contributed by atoms with Gasteiger partial charge >= 0.3 is 0 Å². The highest BCUT2D eigenvalue weighted by Gasteiger charge is 2.59. The third-order valence-corrected chi connectivity index (χ3v) is 7.34. The van der Waals surface area contributed by atoms with Gasteiger partial charge in [-0.25, -0.2) is 0 Å². The van der Waals surface area contributed by atoms with Crippen LogP contribution in [0.15, 0.2) is 41.1 Å². The number of ether oxygens (including phenoxy) is 1. The summed E-state index contributed by atoms with van der Waals surface area (Å²) >= 11 is 1.72. The summed E-state index contributed by atoms with van der Waals surface area (Å²) in [4.78, 5) is 3.40. The number of fused-ring (bicyclic) bond motifs is 1. The molecule has 0 aromatic carbocycles. The molecule has 0 radical (unpaired) electrons. The van der Waals surface area contributed by atoms with Crippen molar-refractivity contribution in [1.29, 1.82) is 0 Å². The first-order chi connectivity index (χ1) is 12.0. The van der Waals surface area contributed by atoms with Gasteiger partial charge in [-0.1, -0.05) is 12.2 Å². The molecular formula is C20H25N3OS. The zero-order chi connectivity index (χ0) is 17.2. The Morgan fingerprint density at radius 3 is 3.08 bits per heavy atom. The Hall–Kier alpha value is -1.56. The van der Waals surface area contributed by atoms with E-state index in [9.17, 15) is 0 Å². The predicted molar refractivity (Wildman–Crippen MR) is 102 cm³/mol. The molecule has 25 heavy (non-hydrogen) atoms. The van der Waals surface area contributed by atoms with E-state index in [0.717, 1.165) is 34.8 Å². The third kappa shape index (κ3) is 2.19. The van der Waals surface area contributed by atoms with Crippen LogP contribution in [0.3, 0.4) is 0 Å². The van der Waals surface area contributed by atoms with Crippen LogP contribution in [0, 0.1) is 5.92 Å². The molecule has 1 spiro atoms. The first-order valence-electron chi connectivity index (χ1n) is 9.12. The van der Waals surface area contributed by atoms with Crippen molar-refractivity contribution in [1.82, 2.24) is 4.90 Å². The minimum Gasteiger partial charge on any atom is -0.673 e. The summed E-state index contributed by atoms with van der Waals surface area (Å²) in [6, 6.07) is 2.22. The van der Waals surface area contributed by atoms with Crippen LogP contribution >= 0.6 is 11.3 Å². The molecule has 2 unspecified atom stereocenters. The molecular weight excluding hydrogens is 330 g/mol. The number of nitrogens with zero attached hydrogens (tertiary/aromatic N) is 2. The maximum atomic E-state index is 7.62. The molecule has 3 atom stereocenters. The molecule has 4 nitrogen and oxygen atoms in total. The molecule has 1 N–H and O–H groups in total. The van der Waals surface area contributed by atoms with E-state index in [4.69, 9.17) is 10.5 Å². The highest BCUT2D eigenvalue weighted by atomic mass is 32.1. The normalized spacial score (nSPS) is 36.0. The smallest absolute Gasteiger partial charge is 0.193 e. The summed E-state index contributed by atoms with van der Waals surface area (Å²) in [6.07, 6.45) is 9.24. The Balaban J connectivity index is 1.51. The van der Waals surface area contributed by atoms with E-state index in [-0.39, 0.29) is 5.60 Å². The van der Waals surface area contributed by atoms with E-state index in [0.29, 0.717) is 12.5 Å². The van der Waals surface area contributed by atoms with Crippen LogP contribution in [0.4, 0.5) is 0 Å². The molecule has 6 rings (SSSR count). The summed E-state index contributed by atoms with van der Waals surface area (Å²) < 4.78 is 7.64. The lowest BCUT2D eigenvalue weighted by Crippen LogP contribution is -2.64. The molecule has 0 amide bonds. The van der Waals surface area contributed by atoms with Crippen LogP contribution in [0.25, 0.3) is 11.4 Å². The molecule has 1 fully saturated rings. The van der Waals surface area contributed by atoms with Gasteiger partial charge in [0.1, 0.15) is 12.2 Å². The van der Waals surface area contributed by atoms with Crippen molar-refractivity contribution >= 4 is 17.0 Å². The van der Waals surface area contributed by atoms with Crippen LogP contribution in [-0.4, -0.2) is 48.7 Å². The number of hydrogen-bond donors (Lipinski definition) is 0. The Morgan fingerprint density at radius 2 is 2.36 bits per heavy atom. The van der Waals surface area contributed by atoms with E-state index in [1.54, 1.807) is 11.3 Å². The Kier molecular flexibility index (Phi) is 3.28. The van der Waals surface area contributed by atoms with Crippen LogP contribution < -0.4 is 0 Å². The molecule has 6 heterocycles. The third-order valence-electron chi connectivity index (χ3n) is 6.40. The van der Waals surface area contributed by atoms with Crippen molar-refractivity contribution in [3.63, 3.8) is 0 Å². The topological polar surface area (TPSA) is 36.3 Å². The minimum absolute atomic E-state index is 0.0711. The van der Waals surface area contributed by atoms with Gasteiger partial charge in [0.2, 0.25) is 0 Å². The predicted octanol–water partition coefficient (Wildman–Crippen LogP) is 3.99. The zero-order valence-electron chi connectivity index (χ0n) is 14.9. The summed E-state index contributed by atoms with van der Waals surface area (Å²) in [5, 5.41) is 2.24. The van der Waals surface area contributed by atoms with E-state index >= 15 is 0 Å². The molecule has 1 aromatic rings. The number of thiophene rings is 1. The standard InChI is InChI=1S/C20H25N3OS/c1-22-6-3-4-14-10-20(24-19(14)22)13-23(2)7-5-16(20)9-18(23)15-8-17(11-21)25-12-15/h3-4,8-9,12,16,21H,5-7,10-11,13H2,1-2H3/t16?,20-,23?/m0/s1. The number of hydrogen-bond acceptors (Lipinski definition) is 3. The lowest BCUT2D eigenvalue weighted by molar-refractivity contribution is -0.858. The van der Waals surface area contributed by atoms with Crippen molar-refractivity contribution in [2.45, 2.75) is 25.0 Å². The van der Waals surface area contributed by atoms with E-state index < -0.39 is 0 Å². The number of likely N-dealkylation sites (N-methyl/N-ethyl adjacent to an activating group) is 2. The molecule has 132 valence electrons. The summed E-state index contributed by atoms with van der Waals surface area (Å²) in [7, 11) is 4.49. The highest BCUT2D eigenvalue weighted by Crippen LogP contribution is 2.53. The first kappa shape index (κ1) is 15.7. The molecule has 0 saturated carbocycles. The fourth-order valence-electron chi connectivity index (χ4n) is 5.18. The fourth-order valence-corrected chi connectivity index (χ4v) is 5.92. The van der Waals surface area contributed by atoms with Gasteiger partial charge in [-0.2, -0.15) is 0 Å². The molecule has 0 aliphatic carbocycles. The van der Waals surface area contributed by atoms with E-state index in [1.165, 1.54) is 29.8 Å². The second-order valence-electron chi connectivity index (χ2n) is 8.16. The minimum atomic E-state index is -0.0711. The average molecular weight is 356 g/mol. The molecule has 1 aromatic heterocycles. The van der Waals surface area contributed by atoms with Crippen molar-refractivity contribution in [3.8, 4) is 0 Å². The summed E-state index contributed by atoms with van der Waals surface area (Å²) in [5.74, 6) is 1.58. The van der Waals surface area contributed by atoms with Gasteiger partial charge in [0.15, 0.2) is 11.5 Å². The quantitative estimate of drug-likeness (QED) is 0.752. The number of nitrogens with one attached hydrogen (secondary N) is 1. The van der Waals surface area contributed by atoms with Crippen LogP contribution in [-0.2, 0) is 11.3 Å². The Labute approximate surface area is 153 Å². The van der Waals surface area contributed by atoms with Gasteiger partial charge in [0, 0.05) is 48.9 Å². The van der Waals surface area contributed by atoms with Crippen molar-refractivity contribution in [3.05, 3.63) is 57.3 Å². The molecule has 5 aliphatic heterocycles. The maximum Gasteiger partial charge on any atom is 0.193 e. The van der Waals surface area contributed by atoms with Crippen LogP contribution in [0.1, 0.15) is 23.3 Å². The van der Waals surface area contributed by atoms with Gasteiger partial charge in [-0.05, 0) is 17.0 Å². The summed E-state index contributed by atoms with van der Waals surface area (Å²) in [6.45, 7) is 3.55. The van der Waals surface area contributed by atoms with Crippen molar-refractivity contribution in [2.75, 3.05) is 33.7 Å². The average Bonchev–Trinajstić information content (AvgIpc) is 3.20. The largest absolute Gasteiger partial charge is 0.673 e. The summed E-state index contributed by atoms with van der Waals surface area (Å²) in [5.41, 5.74) is 11.7. The van der Waals surface area contributed by atoms with Gasteiger partial charge in [0.25, 0.3) is 0 Å².